The molecule has 3 nitrogen and oxygen atoms in total. The van der Waals surface area contributed by atoms with E-state index in [-0.39, 0.29) is 0 Å². The highest BCUT2D eigenvalue weighted by Crippen LogP contribution is 2.10. The molecule has 1 rings (SSSR count). The molecule has 0 radical (unpaired) electrons. The summed E-state index contributed by atoms with van der Waals surface area (Å²) in [5.74, 6) is -0.462. The van der Waals surface area contributed by atoms with Gasteiger partial charge in [0.1, 0.15) is 5.69 Å². The van der Waals surface area contributed by atoms with Gasteiger partial charge in [0.05, 0.1) is 0 Å². The highest BCUT2D eigenvalue weighted by molar-refractivity contribution is 5.92. The number of rotatable bonds is 1. The largest absolute Gasteiger partial charge is 0.364 e. The molecule has 1 heterocycles. The van der Waals surface area contributed by atoms with Crippen LogP contribution in [-0.4, -0.2) is 10.9 Å². The summed E-state index contributed by atoms with van der Waals surface area (Å²) >= 11 is 0. The van der Waals surface area contributed by atoms with Crippen molar-refractivity contribution in [1.82, 2.24) is 4.98 Å². The van der Waals surface area contributed by atoms with Crippen molar-refractivity contribution >= 4 is 5.91 Å². The first-order valence-corrected chi connectivity index (χ1v) is 3.77. The van der Waals surface area contributed by atoms with Crippen molar-refractivity contribution in [2.45, 2.75) is 20.8 Å². The zero-order valence-electron chi connectivity index (χ0n) is 7.51. The molecule has 1 aromatic heterocycles. The maximum Gasteiger partial charge on any atom is 0.267 e. The molecule has 2 N–H and O–H groups in total. The van der Waals surface area contributed by atoms with Crippen molar-refractivity contribution in [3.8, 4) is 0 Å². The van der Waals surface area contributed by atoms with Gasteiger partial charge in [0, 0.05) is 5.69 Å². The highest BCUT2D eigenvalue weighted by Gasteiger charge is 2.07. The Labute approximate surface area is 71.6 Å². The first-order valence-electron chi connectivity index (χ1n) is 3.77. The first-order chi connectivity index (χ1) is 5.52. The van der Waals surface area contributed by atoms with Crippen molar-refractivity contribution in [3.63, 3.8) is 0 Å². The van der Waals surface area contributed by atoms with Crippen LogP contribution >= 0.6 is 0 Å². The zero-order chi connectivity index (χ0) is 9.30. The van der Waals surface area contributed by atoms with Crippen LogP contribution in [0.15, 0.2) is 6.07 Å². The van der Waals surface area contributed by atoms with Gasteiger partial charge in [-0.05, 0) is 31.9 Å². The van der Waals surface area contributed by atoms with E-state index in [1.165, 1.54) is 0 Å². The Morgan fingerprint density at radius 1 is 1.33 bits per heavy atom. The third-order valence-electron chi connectivity index (χ3n) is 1.89. The molecule has 0 atom stereocenters. The summed E-state index contributed by atoms with van der Waals surface area (Å²) in [5, 5.41) is 0. The van der Waals surface area contributed by atoms with E-state index in [1.807, 2.05) is 26.8 Å². The Hall–Kier alpha value is -1.38. The standard InChI is InChI=1S/C9H12N2O/c1-5-4-6(2)8(9(10)12)11-7(5)3/h4H,1-3H3,(H2,10,12). The molecule has 0 aromatic carbocycles. The van der Waals surface area contributed by atoms with Gasteiger partial charge in [-0.25, -0.2) is 4.98 Å². The van der Waals surface area contributed by atoms with Crippen molar-refractivity contribution in [2.24, 2.45) is 5.73 Å². The number of aryl methyl sites for hydroxylation is 3. The maximum atomic E-state index is 10.8. The van der Waals surface area contributed by atoms with Crippen molar-refractivity contribution in [2.75, 3.05) is 0 Å². The second kappa shape index (κ2) is 2.93. The summed E-state index contributed by atoms with van der Waals surface area (Å²) in [4.78, 5) is 14.9. The number of nitrogens with two attached hydrogens (primary N) is 1. The number of hydrogen-bond donors (Lipinski definition) is 1. The van der Waals surface area contributed by atoms with Crippen LogP contribution in [0.3, 0.4) is 0 Å². The molecule has 0 spiro atoms. The quantitative estimate of drug-likeness (QED) is 0.675. The zero-order valence-corrected chi connectivity index (χ0v) is 7.51. The lowest BCUT2D eigenvalue weighted by Crippen LogP contribution is -2.15. The molecule has 1 aromatic rings. The smallest absolute Gasteiger partial charge is 0.267 e. The van der Waals surface area contributed by atoms with Crippen LogP contribution in [0.5, 0.6) is 0 Å². The molecule has 0 aliphatic rings. The van der Waals surface area contributed by atoms with Crippen molar-refractivity contribution < 1.29 is 4.79 Å². The van der Waals surface area contributed by atoms with Gasteiger partial charge in [-0.3, -0.25) is 4.79 Å². The van der Waals surface area contributed by atoms with Gasteiger partial charge in [-0.15, -0.1) is 0 Å². The molecule has 0 aliphatic carbocycles. The molecular formula is C9H12N2O. The van der Waals surface area contributed by atoms with Gasteiger partial charge in [0.15, 0.2) is 0 Å². The molecular weight excluding hydrogens is 152 g/mol. The van der Waals surface area contributed by atoms with E-state index in [0.29, 0.717) is 5.69 Å². The third-order valence-corrected chi connectivity index (χ3v) is 1.89. The minimum atomic E-state index is -0.462. The summed E-state index contributed by atoms with van der Waals surface area (Å²) in [6, 6.07) is 1.92. The molecule has 64 valence electrons. The number of pyridine rings is 1. The first kappa shape index (κ1) is 8.71. The fourth-order valence-corrected chi connectivity index (χ4v) is 1.09. The predicted octanol–water partition coefficient (Wildman–Crippen LogP) is 1.11. The molecule has 0 aliphatic heterocycles. The number of carbonyl (C=O) groups is 1. The average molecular weight is 164 g/mol. The van der Waals surface area contributed by atoms with Crippen LogP contribution < -0.4 is 5.73 Å². The fourth-order valence-electron chi connectivity index (χ4n) is 1.09. The van der Waals surface area contributed by atoms with Gasteiger partial charge >= 0.3 is 0 Å². The minimum absolute atomic E-state index is 0.373. The van der Waals surface area contributed by atoms with E-state index < -0.39 is 5.91 Å². The second-order valence-electron chi connectivity index (χ2n) is 2.92. The third kappa shape index (κ3) is 1.44. The molecule has 1 amide bonds. The summed E-state index contributed by atoms with van der Waals surface area (Å²) < 4.78 is 0. The van der Waals surface area contributed by atoms with Gasteiger partial charge in [-0.1, -0.05) is 6.07 Å². The van der Waals surface area contributed by atoms with Gasteiger partial charge in [0.25, 0.3) is 5.91 Å². The summed E-state index contributed by atoms with van der Waals surface area (Å²) in [7, 11) is 0. The SMILES string of the molecule is Cc1cc(C)c(C(N)=O)nc1C. The van der Waals surface area contributed by atoms with Crippen LogP contribution in [0, 0.1) is 20.8 Å². The number of nitrogens with zero attached hydrogens (tertiary/aromatic N) is 1. The highest BCUT2D eigenvalue weighted by atomic mass is 16.1. The molecule has 12 heavy (non-hydrogen) atoms. The van der Waals surface area contributed by atoms with E-state index in [1.54, 1.807) is 0 Å². The summed E-state index contributed by atoms with van der Waals surface area (Å²) in [6.45, 7) is 5.65. The number of aromatic nitrogens is 1. The van der Waals surface area contributed by atoms with E-state index in [2.05, 4.69) is 4.98 Å². The number of carbonyl (C=O) groups excluding carboxylic acids is 1. The molecule has 0 unspecified atom stereocenters. The average Bonchev–Trinajstić information content (AvgIpc) is 1.96. The Morgan fingerprint density at radius 2 is 1.92 bits per heavy atom. The number of amides is 1. The van der Waals surface area contributed by atoms with Gasteiger partial charge < -0.3 is 5.73 Å². The summed E-state index contributed by atoms with van der Waals surface area (Å²) in [5.41, 5.74) is 8.28. The van der Waals surface area contributed by atoms with Crippen molar-refractivity contribution in [1.29, 1.82) is 0 Å². The molecule has 3 heteroatoms. The molecule has 0 saturated carbocycles. The van der Waals surface area contributed by atoms with E-state index in [9.17, 15) is 4.79 Å². The lowest BCUT2D eigenvalue weighted by molar-refractivity contribution is 0.0995. The Bertz CT molecular complexity index is 332. The van der Waals surface area contributed by atoms with E-state index in [4.69, 9.17) is 5.73 Å². The van der Waals surface area contributed by atoms with E-state index in [0.717, 1.165) is 16.8 Å². The predicted molar refractivity (Wildman–Crippen MR) is 47.0 cm³/mol. The fraction of sp³-hybridized carbons (Fsp3) is 0.333. The Morgan fingerprint density at radius 3 is 2.42 bits per heavy atom. The van der Waals surface area contributed by atoms with E-state index >= 15 is 0 Å². The van der Waals surface area contributed by atoms with Crippen LogP contribution in [0.1, 0.15) is 27.3 Å². The topological polar surface area (TPSA) is 56.0 Å². The monoisotopic (exact) mass is 164 g/mol. The van der Waals surface area contributed by atoms with Gasteiger partial charge in [0.2, 0.25) is 0 Å². The maximum absolute atomic E-state index is 10.8. The number of primary amides is 1. The van der Waals surface area contributed by atoms with Crippen LogP contribution in [0.4, 0.5) is 0 Å². The van der Waals surface area contributed by atoms with Crippen LogP contribution in [0.2, 0.25) is 0 Å². The Kier molecular flexibility index (Phi) is 2.13. The molecule has 0 fully saturated rings. The minimum Gasteiger partial charge on any atom is -0.364 e. The van der Waals surface area contributed by atoms with Crippen LogP contribution in [-0.2, 0) is 0 Å². The number of hydrogen-bond acceptors (Lipinski definition) is 2. The van der Waals surface area contributed by atoms with Gasteiger partial charge in [-0.2, -0.15) is 0 Å². The molecule has 0 bridgehead atoms. The Balaban J connectivity index is 3.33. The second-order valence-corrected chi connectivity index (χ2v) is 2.92. The lowest BCUT2D eigenvalue weighted by atomic mass is 10.1. The molecule has 0 saturated heterocycles. The summed E-state index contributed by atoms with van der Waals surface area (Å²) in [6.07, 6.45) is 0. The van der Waals surface area contributed by atoms with Crippen molar-refractivity contribution in [3.05, 3.63) is 28.6 Å². The normalized spacial score (nSPS) is 9.92. The van der Waals surface area contributed by atoms with Crippen LogP contribution in [0.25, 0.3) is 0 Å². The lowest BCUT2D eigenvalue weighted by Gasteiger charge is -2.04.